The molecule has 1 N–H and O–H groups in total. The van der Waals surface area contributed by atoms with Gasteiger partial charge in [-0.25, -0.2) is 4.79 Å². The van der Waals surface area contributed by atoms with Crippen LogP contribution in [-0.4, -0.2) is 33.5 Å². The highest BCUT2D eigenvalue weighted by Gasteiger charge is 2.36. The average molecular weight is 339 g/mol. The molecule has 0 amide bonds. The Kier molecular flexibility index (Phi) is 5.24. The number of esters is 1. The second-order valence-electron chi connectivity index (χ2n) is 5.76. The summed E-state index contributed by atoms with van der Waals surface area (Å²) in [4.78, 5) is 48.8. The van der Waals surface area contributed by atoms with E-state index in [0.717, 1.165) is 0 Å². The van der Waals surface area contributed by atoms with E-state index in [9.17, 15) is 19.2 Å². The van der Waals surface area contributed by atoms with Gasteiger partial charge in [0, 0.05) is 32.4 Å². The Morgan fingerprint density at radius 3 is 2.88 bits per heavy atom. The summed E-state index contributed by atoms with van der Waals surface area (Å²) in [6.45, 7) is 3.15. The van der Waals surface area contributed by atoms with Crippen molar-refractivity contribution in [1.29, 1.82) is 0 Å². The summed E-state index contributed by atoms with van der Waals surface area (Å²) in [6, 6.07) is 0. The predicted octanol–water partition coefficient (Wildman–Crippen LogP) is 0.824. The van der Waals surface area contributed by atoms with Crippen molar-refractivity contribution in [3.05, 3.63) is 32.6 Å². The highest BCUT2D eigenvalue weighted by atomic mass is 16.6. The molecule has 1 aliphatic rings. The topological polar surface area (TPSA) is 107 Å². The van der Waals surface area contributed by atoms with Crippen LogP contribution < -0.4 is 11.2 Å². The molecule has 0 bridgehead atoms. The van der Waals surface area contributed by atoms with Crippen LogP contribution in [0.1, 0.15) is 52.7 Å². The van der Waals surface area contributed by atoms with Crippen molar-refractivity contribution in [2.24, 2.45) is 0 Å². The SMILES string of the molecule is [2H]C[C@H]1O[C@@H](n2cc(C)c(=O)[nH]c2=O)C[C@H]1OC(=O)CCC(=O)CC. The fourth-order valence-corrected chi connectivity index (χ4v) is 2.44. The number of carbonyl (C=O) groups is 2. The molecule has 1 aromatic heterocycles. The number of H-pyrrole nitrogens is 1. The Balaban J connectivity index is 2.06. The van der Waals surface area contributed by atoms with E-state index in [2.05, 4.69) is 4.98 Å². The third kappa shape index (κ3) is 4.19. The smallest absolute Gasteiger partial charge is 0.330 e. The molecule has 0 aliphatic carbocycles. The molecule has 2 rings (SSSR count). The van der Waals surface area contributed by atoms with Gasteiger partial charge in [-0.05, 0) is 13.8 Å². The summed E-state index contributed by atoms with van der Waals surface area (Å²) in [5.74, 6) is -0.552. The number of ether oxygens (including phenoxy) is 2. The van der Waals surface area contributed by atoms with Crippen LogP contribution in [-0.2, 0) is 19.1 Å². The van der Waals surface area contributed by atoms with Crippen molar-refractivity contribution >= 4 is 11.8 Å². The van der Waals surface area contributed by atoms with Crippen LogP contribution in [0.25, 0.3) is 0 Å². The van der Waals surface area contributed by atoms with Crippen molar-refractivity contribution < 1.29 is 20.4 Å². The first-order valence-electron chi connectivity index (χ1n) is 8.54. The third-order valence-electron chi connectivity index (χ3n) is 3.92. The van der Waals surface area contributed by atoms with Gasteiger partial charge >= 0.3 is 11.7 Å². The molecule has 0 spiro atoms. The van der Waals surface area contributed by atoms with Gasteiger partial charge < -0.3 is 9.47 Å². The van der Waals surface area contributed by atoms with E-state index in [1.165, 1.54) is 10.8 Å². The van der Waals surface area contributed by atoms with Crippen LogP contribution in [0, 0.1) is 6.92 Å². The quantitative estimate of drug-likeness (QED) is 0.769. The number of ketones is 1. The normalized spacial score (nSPS) is 23.8. The molecule has 24 heavy (non-hydrogen) atoms. The Morgan fingerprint density at radius 2 is 2.21 bits per heavy atom. The summed E-state index contributed by atoms with van der Waals surface area (Å²) in [6.07, 6.45) is -0.0213. The Hall–Kier alpha value is -2.22. The third-order valence-corrected chi connectivity index (χ3v) is 3.92. The number of nitrogens with zero attached hydrogens (tertiary/aromatic N) is 1. The highest BCUT2D eigenvalue weighted by Crippen LogP contribution is 2.29. The van der Waals surface area contributed by atoms with Gasteiger partial charge in [-0.2, -0.15) is 0 Å². The first kappa shape index (κ1) is 16.6. The number of aromatic amines is 1. The highest BCUT2D eigenvalue weighted by molar-refractivity contribution is 5.82. The van der Waals surface area contributed by atoms with E-state index in [0.29, 0.717) is 12.0 Å². The number of aryl methyl sites for hydroxylation is 1. The first-order chi connectivity index (χ1) is 11.8. The van der Waals surface area contributed by atoms with Crippen molar-refractivity contribution in [2.75, 3.05) is 0 Å². The lowest BCUT2D eigenvalue weighted by atomic mass is 10.1. The molecule has 2 heterocycles. The van der Waals surface area contributed by atoms with E-state index < -0.39 is 35.7 Å². The second-order valence-corrected chi connectivity index (χ2v) is 5.76. The van der Waals surface area contributed by atoms with Crippen molar-refractivity contribution in [3.8, 4) is 0 Å². The van der Waals surface area contributed by atoms with Crippen molar-refractivity contribution in [1.82, 2.24) is 9.55 Å². The lowest BCUT2D eigenvalue weighted by Crippen LogP contribution is -2.33. The van der Waals surface area contributed by atoms with Crippen LogP contribution in [0.2, 0.25) is 0 Å². The molecule has 1 saturated heterocycles. The molecular weight excluding hydrogens is 316 g/mol. The summed E-state index contributed by atoms with van der Waals surface area (Å²) in [7, 11) is 0. The number of Topliss-reactive ketones (excluding diaryl/α,β-unsaturated/α-hetero) is 1. The lowest BCUT2D eigenvalue weighted by Gasteiger charge is -2.14. The molecule has 3 atom stereocenters. The fourth-order valence-electron chi connectivity index (χ4n) is 2.44. The van der Waals surface area contributed by atoms with E-state index in [1.54, 1.807) is 13.8 Å². The minimum absolute atomic E-state index is 0.0176. The molecule has 8 heteroatoms. The summed E-state index contributed by atoms with van der Waals surface area (Å²) in [5.41, 5.74) is -0.742. The zero-order valence-electron chi connectivity index (χ0n) is 14.7. The van der Waals surface area contributed by atoms with Gasteiger partial charge in [0.2, 0.25) is 0 Å². The number of aromatic nitrogens is 2. The number of nitrogens with one attached hydrogen (secondary N) is 1. The predicted molar refractivity (Wildman–Crippen MR) is 84.7 cm³/mol. The Labute approximate surface area is 140 Å². The standard InChI is InChI=1S/C16H22N2O6/c1-4-11(19)5-6-14(20)24-12-7-13(23-10(12)3)18-8-9(2)15(21)17-16(18)22/h8,10,12-13H,4-7H2,1-3H3,(H,17,21,22)/t10-,12-,13-/m1/s1/i3D. The van der Waals surface area contributed by atoms with Gasteiger partial charge in [-0.1, -0.05) is 6.92 Å². The summed E-state index contributed by atoms with van der Waals surface area (Å²) in [5, 5.41) is 0. The summed E-state index contributed by atoms with van der Waals surface area (Å²) >= 11 is 0. The number of rotatable bonds is 6. The van der Waals surface area contributed by atoms with Crippen LogP contribution in [0.3, 0.4) is 0 Å². The van der Waals surface area contributed by atoms with E-state index in [-0.39, 0.29) is 31.9 Å². The van der Waals surface area contributed by atoms with Gasteiger partial charge in [0.1, 0.15) is 18.1 Å². The van der Waals surface area contributed by atoms with Crippen molar-refractivity contribution in [3.63, 3.8) is 0 Å². The van der Waals surface area contributed by atoms with Crippen LogP contribution in [0.5, 0.6) is 0 Å². The monoisotopic (exact) mass is 339 g/mol. The zero-order chi connectivity index (χ0) is 18.6. The molecule has 0 aromatic carbocycles. The number of carbonyl (C=O) groups excluding carboxylic acids is 2. The molecule has 0 radical (unpaired) electrons. The molecule has 0 unspecified atom stereocenters. The Morgan fingerprint density at radius 1 is 1.46 bits per heavy atom. The van der Waals surface area contributed by atoms with Gasteiger partial charge in [-0.3, -0.25) is 23.9 Å². The van der Waals surface area contributed by atoms with Crippen LogP contribution in [0.4, 0.5) is 0 Å². The Bertz CT molecular complexity index is 756. The van der Waals surface area contributed by atoms with Crippen LogP contribution in [0.15, 0.2) is 15.8 Å². The molecule has 132 valence electrons. The zero-order valence-corrected chi connectivity index (χ0v) is 13.7. The first-order valence-corrected chi connectivity index (χ1v) is 7.83. The van der Waals surface area contributed by atoms with Crippen molar-refractivity contribution in [2.45, 2.75) is 64.9 Å². The molecule has 0 saturated carbocycles. The second kappa shape index (κ2) is 7.57. The van der Waals surface area contributed by atoms with Gasteiger partial charge in [0.25, 0.3) is 5.56 Å². The minimum Gasteiger partial charge on any atom is -0.459 e. The number of hydrogen-bond donors (Lipinski definition) is 1. The molecule has 8 nitrogen and oxygen atoms in total. The fraction of sp³-hybridized carbons (Fsp3) is 0.625. The molecule has 1 fully saturated rings. The van der Waals surface area contributed by atoms with Gasteiger partial charge in [0.15, 0.2) is 0 Å². The molecule has 1 aliphatic heterocycles. The molecule has 1 aromatic rings. The summed E-state index contributed by atoms with van der Waals surface area (Å²) < 4.78 is 19.7. The maximum atomic E-state index is 11.9. The van der Waals surface area contributed by atoms with E-state index >= 15 is 0 Å². The minimum atomic E-state index is -0.728. The molecular formula is C16H22N2O6. The largest absolute Gasteiger partial charge is 0.459 e. The van der Waals surface area contributed by atoms with Gasteiger partial charge in [-0.15, -0.1) is 0 Å². The maximum Gasteiger partial charge on any atom is 0.330 e. The number of hydrogen-bond acceptors (Lipinski definition) is 6. The lowest BCUT2D eigenvalue weighted by molar-refractivity contribution is -0.152. The van der Waals surface area contributed by atoms with E-state index in [1.807, 2.05) is 0 Å². The van der Waals surface area contributed by atoms with Gasteiger partial charge in [0.05, 0.1) is 12.5 Å². The maximum absolute atomic E-state index is 11.9. The van der Waals surface area contributed by atoms with E-state index in [4.69, 9.17) is 10.8 Å². The average Bonchev–Trinajstić information content (AvgIpc) is 2.98. The van der Waals surface area contributed by atoms with Crippen LogP contribution >= 0.6 is 0 Å².